The van der Waals surface area contributed by atoms with Crippen LogP contribution in [0.5, 0.6) is 0 Å². The van der Waals surface area contributed by atoms with Gasteiger partial charge in [0.15, 0.2) is 6.29 Å². The molecule has 0 bridgehead atoms. The van der Waals surface area contributed by atoms with Gasteiger partial charge in [-0.3, -0.25) is 0 Å². The van der Waals surface area contributed by atoms with Crippen LogP contribution in [0.15, 0.2) is 34.9 Å². The molecular formula is C20H34O2. The monoisotopic (exact) mass is 306 g/mol. The first-order chi connectivity index (χ1) is 10.6. The summed E-state index contributed by atoms with van der Waals surface area (Å²) in [7, 11) is 0. The maximum atomic E-state index is 5.74. The Morgan fingerprint density at radius 2 is 1.64 bits per heavy atom. The number of ether oxygens (including phenoxy) is 2. The zero-order valence-corrected chi connectivity index (χ0v) is 15.0. The topological polar surface area (TPSA) is 18.5 Å². The molecular weight excluding hydrogens is 272 g/mol. The lowest BCUT2D eigenvalue weighted by molar-refractivity contribution is -0.155. The molecule has 0 N–H and O–H groups in total. The summed E-state index contributed by atoms with van der Waals surface area (Å²) in [5.41, 5.74) is 4.31. The van der Waals surface area contributed by atoms with Crippen molar-refractivity contribution in [3.63, 3.8) is 0 Å². The second kappa shape index (κ2) is 11.7. The molecule has 1 unspecified atom stereocenters. The molecule has 126 valence electrons. The Hall–Kier alpha value is -0.860. The van der Waals surface area contributed by atoms with Crippen LogP contribution < -0.4 is 0 Å². The van der Waals surface area contributed by atoms with E-state index in [0.717, 1.165) is 32.3 Å². The third kappa shape index (κ3) is 9.97. The van der Waals surface area contributed by atoms with Gasteiger partial charge in [0.25, 0.3) is 0 Å². The van der Waals surface area contributed by atoms with Crippen LogP contribution in [0.1, 0.15) is 72.6 Å². The van der Waals surface area contributed by atoms with Crippen molar-refractivity contribution < 1.29 is 9.47 Å². The van der Waals surface area contributed by atoms with E-state index >= 15 is 0 Å². The molecule has 1 heterocycles. The second-order valence-electron chi connectivity index (χ2n) is 6.59. The molecule has 1 atom stereocenters. The smallest absolute Gasteiger partial charge is 0.157 e. The summed E-state index contributed by atoms with van der Waals surface area (Å²) in [6, 6.07) is 0. The molecule has 1 rings (SSSR count). The van der Waals surface area contributed by atoms with E-state index in [2.05, 4.69) is 45.9 Å². The van der Waals surface area contributed by atoms with E-state index in [-0.39, 0.29) is 6.29 Å². The summed E-state index contributed by atoms with van der Waals surface area (Å²) in [4.78, 5) is 0. The number of hydrogen-bond acceptors (Lipinski definition) is 2. The molecule has 0 saturated carbocycles. The molecule has 1 aliphatic rings. The van der Waals surface area contributed by atoms with Gasteiger partial charge in [0.05, 0.1) is 6.61 Å². The highest BCUT2D eigenvalue weighted by molar-refractivity contribution is 5.05. The fraction of sp³-hybridized carbons (Fsp3) is 0.700. The molecule has 1 fully saturated rings. The fourth-order valence-electron chi connectivity index (χ4n) is 2.48. The van der Waals surface area contributed by atoms with E-state index in [4.69, 9.17) is 9.47 Å². The van der Waals surface area contributed by atoms with Gasteiger partial charge in [0.1, 0.15) is 0 Å². The van der Waals surface area contributed by atoms with E-state index in [9.17, 15) is 0 Å². The molecule has 1 saturated heterocycles. The normalized spacial score (nSPS) is 20.1. The van der Waals surface area contributed by atoms with Crippen LogP contribution in [0.2, 0.25) is 0 Å². The molecule has 0 aromatic heterocycles. The number of hydrogen-bond donors (Lipinski definition) is 0. The lowest BCUT2D eigenvalue weighted by atomic mass is 10.1. The minimum atomic E-state index is 0.0232. The minimum Gasteiger partial charge on any atom is -0.353 e. The van der Waals surface area contributed by atoms with Crippen LogP contribution in [0.4, 0.5) is 0 Å². The van der Waals surface area contributed by atoms with E-state index < -0.39 is 0 Å². The third-order valence-electron chi connectivity index (χ3n) is 3.97. The highest BCUT2D eigenvalue weighted by Gasteiger charge is 2.12. The molecule has 0 radical (unpaired) electrons. The van der Waals surface area contributed by atoms with Crippen molar-refractivity contribution in [2.45, 2.75) is 78.9 Å². The third-order valence-corrected chi connectivity index (χ3v) is 3.97. The van der Waals surface area contributed by atoms with Crippen molar-refractivity contribution in [2.24, 2.45) is 0 Å². The first kappa shape index (κ1) is 19.2. The zero-order chi connectivity index (χ0) is 16.2. The van der Waals surface area contributed by atoms with Gasteiger partial charge in [-0.25, -0.2) is 0 Å². The average molecular weight is 306 g/mol. The van der Waals surface area contributed by atoms with Crippen molar-refractivity contribution in [3.05, 3.63) is 34.9 Å². The van der Waals surface area contributed by atoms with Gasteiger partial charge in [0, 0.05) is 6.61 Å². The highest BCUT2D eigenvalue weighted by atomic mass is 16.7. The molecule has 0 amide bonds. The fourth-order valence-corrected chi connectivity index (χ4v) is 2.48. The summed E-state index contributed by atoms with van der Waals surface area (Å²) in [6.45, 7) is 10.3. The van der Waals surface area contributed by atoms with E-state index in [0.29, 0.717) is 6.61 Å². The predicted molar refractivity (Wildman–Crippen MR) is 95.0 cm³/mol. The van der Waals surface area contributed by atoms with Gasteiger partial charge in [-0.15, -0.1) is 0 Å². The standard InChI is InChI=1S/C20H34O2/c1-17(2)9-7-10-18(3)11-8-12-19(4)14-16-22-20-13-5-6-15-21-20/h9,11,14,20H,5-8,10,12-13,15-16H2,1-4H3/b18-11+,19-14+. The Bertz CT molecular complexity index is 381. The number of rotatable bonds is 9. The van der Waals surface area contributed by atoms with Crippen molar-refractivity contribution in [3.8, 4) is 0 Å². The summed E-state index contributed by atoms with van der Waals surface area (Å²) in [5, 5.41) is 0. The van der Waals surface area contributed by atoms with Crippen molar-refractivity contribution >= 4 is 0 Å². The summed E-state index contributed by atoms with van der Waals surface area (Å²) in [5.74, 6) is 0. The first-order valence-corrected chi connectivity index (χ1v) is 8.75. The first-order valence-electron chi connectivity index (χ1n) is 8.75. The second-order valence-corrected chi connectivity index (χ2v) is 6.59. The van der Waals surface area contributed by atoms with Crippen LogP contribution in [-0.4, -0.2) is 19.5 Å². The van der Waals surface area contributed by atoms with E-state index in [1.807, 2.05) is 0 Å². The van der Waals surface area contributed by atoms with E-state index in [1.54, 1.807) is 0 Å². The van der Waals surface area contributed by atoms with Crippen LogP contribution >= 0.6 is 0 Å². The largest absolute Gasteiger partial charge is 0.353 e. The van der Waals surface area contributed by atoms with Crippen molar-refractivity contribution in [2.75, 3.05) is 13.2 Å². The molecule has 0 aromatic carbocycles. The summed E-state index contributed by atoms with van der Waals surface area (Å²) in [6.07, 6.45) is 14.9. The van der Waals surface area contributed by atoms with E-state index in [1.165, 1.54) is 36.0 Å². The average Bonchev–Trinajstić information content (AvgIpc) is 2.48. The van der Waals surface area contributed by atoms with Gasteiger partial charge in [-0.1, -0.05) is 34.9 Å². The van der Waals surface area contributed by atoms with Crippen molar-refractivity contribution in [1.29, 1.82) is 0 Å². The summed E-state index contributed by atoms with van der Waals surface area (Å²) < 4.78 is 11.3. The molecule has 2 nitrogen and oxygen atoms in total. The van der Waals surface area contributed by atoms with Gasteiger partial charge in [-0.2, -0.15) is 0 Å². The molecule has 0 aliphatic carbocycles. The molecule has 1 aliphatic heterocycles. The Balaban J connectivity index is 2.14. The van der Waals surface area contributed by atoms with Crippen molar-refractivity contribution in [1.82, 2.24) is 0 Å². The summed E-state index contributed by atoms with van der Waals surface area (Å²) >= 11 is 0. The lowest BCUT2D eigenvalue weighted by Crippen LogP contribution is -2.22. The Labute approximate surface area is 137 Å². The Morgan fingerprint density at radius 3 is 2.27 bits per heavy atom. The van der Waals surface area contributed by atoms with Crippen LogP contribution in [0.25, 0.3) is 0 Å². The Kier molecular flexibility index (Phi) is 10.2. The zero-order valence-electron chi connectivity index (χ0n) is 15.0. The van der Waals surface area contributed by atoms with Crippen LogP contribution in [-0.2, 0) is 9.47 Å². The SMILES string of the molecule is CC(C)=CCC/C(C)=C/CC/C(C)=C/COC1CCCCO1. The van der Waals surface area contributed by atoms with Gasteiger partial charge < -0.3 is 9.47 Å². The Morgan fingerprint density at radius 1 is 0.955 bits per heavy atom. The molecule has 2 heteroatoms. The predicted octanol–water partition coefficient (Wildman–Crippen LogP) is 5.95. The van der Waals surface area contributed by atoms with Gasteiger partial charge >= 0.3 is 0 Å². The molecule has 22 heavy (non-hydrogen) atoms. The molecule has 0 spiro atoms. The lowest BCUT2D eigenvalue weighted by Gasteiger charge is -2.22. The van der Waals surface area contributed by atoms with Gasteiger partial charge in [0.2, 0.25) is 0 Å². The minimum absolute atomic E-state index is 0.0232. The maximum Gasteiger partial charge on any atom is 0.157 e. The van der Waals surface area contributed by atoms with Crippen LogP contribution in [0.3, 0.4) is 0 Å². The van der Waals surface area contributed by atoms with Crippen LogP contribution in [0, 0.1) is 0 Å². The molecule has 0 aromatic rings. The van der Waals surface area contributed by atoms with Gasteiger partial charge in [-0.05, 0) is 72.6 Å². The number of allylic oxidation sites excluding steroid dienone is 5. The highest BCUT2D eigenvalue weighted by Crippen LogP contribution is 2.14. The maximum absolute atomic E-state index is 5.74. The quantitative estimate of drug-likeness (QED) is 0.490.